The first-order valence-electron chi connectivity index (χ1n) is 6.55. The highest BCUT2D eigenvalue weighted by Gasteiger charge is 2.28. The number of piperidine rings is 1. The van der Waals surface area contributed by atoms with E-state index in [0.29, 0.717) is 4.47 Å². The van der Waals surface area contributed by atoms with Crippen LogP contribution >= 0.6 is 15.9 Å². The minimum Gasteiger partial charge on any atom is -0.382 e. The van der Waals surface area contributed by atoms with E-state index in [4.69, 9.17) is 0 Å². The van der Waals surface area contributed by atoms with Crippen molar-refractivity contribution in [3.63, 3.8) is 0 Å². The molecule has 0 unspecified atom stereocenters. The second-order valence-electron chi connectivity index (χ2n) is 5.77. The van der Waals surface area contributed by atoms with Crippen LogP contribution in [0.1, 0.15) is 19.8 Å². The van der Waals surface area contributed by atoms with E-state index in [0.717, 1.165) is 25.3 Å². The SMILES string of the molecule is CN1CCC(C)(CNc2cnn(C)c(=O)c2Br)CC1. The maximum atomic E-state index is 11.8. The summed E-state index contributed by atoms with van der Waals surface area (Å²) in [5.41, 5.74) is 0.953. The molecule has 0 bridgehead atoms. The second-order valence-corrected chi connectivity index (χ2v) is 6.56. The van der Waals surface area contributed by atoms with Crippen molar-refractivity contribution in [2.75, 3.05) is 32.0 Å². The zero-order valence-electron chi connectivity index (χ0n) is 11.7. The number of likely N-dealkylation sites (tertiary alicyclic amines) is 1. The zero-order valence-corrected chi connectivity index (χ0v) is 13.3. The van der Waals surface area contributed by atoms with E-state index in [9.17, 15) is 4.79 Å². The number of halogens is 1. The van der Waals surface area contributed by atoms with Crippen LogP contribution in [0.5, 0.6) is 0 Å². The number of nitrogens with zero attached hydrogens (tertiary/aromatic N) is 3. The van der Waals surface area contributed by atoms with E-state index in [-0.39, 0.29) is 11.0 Å². The maximum Gasteiger partial charge on any atom is 0.282 e. The van der Waals surface area contributed by atoms with Crippen LogP contribution < -0.4 is 10.9 Å². The predicted octanol–water partition coefficient (Wildman–Crippen LogP) is 1.69. The fourth-order valence-electron chi connectivity index (χ4n) is 2.28. The average Bonchev–Trinajstić information content (AvgIpc) is 2.39. The highest BCUT2D eigenvalue weighted by atomic mass is 79.9. The lowest BCUT2D eigenvalue weighted by Crippen LogP contribution is -2.40. The van der Waals surface area contributed by atoms with Crippen LogP contribution in [0.15, 0.2) is 15.5 Å². The van der Waals surface area contributed by atoms with Gasteiger partial charge >= 0.3 is 0 Å². The van der Waals surface area contributed by atoms with Crippen molar-refractivity contribution in [2.45, 2.75) is 19.8 Å². The molecule has 2 rings (SSSR count). The molecule has 0 spiro atoms. The number of rotatable bonds is 3. The van der Waals surface area contributed by atoms with Crippen LogP contribution in [0, 0.1) is 5.41 Å². The van der Waals surface area contributed by atoms with Gasteiger partial charge in [-0.05, 0) is 54.3 Å². The molecule has 1 N–H and O–H groups in total. The molecule has 1 aromatic heterocycles. The predicted molar refractivity (Wildman–Crippen MR) is 80.5 cm³/mol. The van der Waals surface area contributed by atoms with E-state index in [1.807, 2.05) is 0 Å². The molecule has 1 saturated heterocycles. The normalized spacial score (nSPS) is 19.4. The van der Waals surface area contributed by atoms with Crippen LogP contribution in [0.2, 0.25) is 0 Å². The standard InChI is InChI=1S/C13H21BrN4O/c1-13(4-6-17(2)7-5-13)9-15-10-8-16-18(3)12(19)11(10)14/h8,15H,4-7,9H2,1-3H3. The molecule has 0 aromatic carbocycles. The highest BCUT2D eigenvalue weighted by molar-refractivity contribution is 9.10. The minimum absolute atomic E-state index is 0.112. The number of aromatic nitrogens is 2. The second kappa shape index (κ2) is 5.63. The molecular formula is C13H21BrN4O. The number of aryl methyl sites for hydroxylation is 1. The third-order valence-electron chi connectivity index (χ3n) is 3.98. The molecule has 6 heteroatoms. The van der Waals surface area contributed by atoms with E-state index in [2.05, 4.69) is 45.2 Å². The lowest BCUT2D eigenvalue weighted by atomic mass is 9.80. The van der Waals surface area contributed by atoms with E-state index in [1.54, 1.807) is 13.2 Å². The first-order valence-corrected chi connectivity index (χ1v) is 7.35. The minimum atomic E-state index is -0.112. The van der Waals surface area contributed by atoms with E-state index >= 15 is 0 Å². The molecule has 106 valence electrons. The summed E-state index contributed by atoms with van der Waals surface area (Å²) in [5.74, 6) is 0. The first kappa shape index (κ1) is 14.5. The lowest BCUT2D eigenvalue weighted by Gasteiger charge is -2.38. The Balaban J connectivity index is 2.03. The molecular weight excluding hydrogens is 308 g/mol. The Morgan fingerprint density at radius 1 is 1.42 bits per heavy atom. The van der Waals surface area contributed by atoms with Gasteiger partial charge in [-0.15, -0.1) is 0 Å². The van der Waals surface area contributed by atoms with Crippen molar-refractivity contribution in [1.82, 2.24) is 14.7 Å². The van der Waals surface area contributed by atoms with Crippen LogP contribution in [0.25, 0.3) is 0 Å². The Morgan fingerprint density at radius 3 is 2.68 bits per heavy atom. The van der Waals surface area contributed by atoms with Crippen LogP contribution in [0.3, 0.4) is 0 Å². The van der Waals surface area contributed by atoms with Gasteiger partial charge in [0.1, 0.15) is 4.47 Å². The Hall–Kier alpha value is -0.880. The Bertz CT molecular complexity index is 506. The van der Waals surface area contributed by atoms with E-state index < -0.39 is 0 Å². The monoisotopic (exact) mass is 328 g/mol. The molecule has 0 aliphatic carbocycles. The van der Waals surface area contributed by atoms with Gasteiger partial charge in [-0.25, -0.2) is 4.68 Å². The molecule has 1 aliphatic heterocycles. The molecule has 0 saturated carbocycles. The molecule has 1 aliphatic rings. The fourth-order valence-corrected chi connectivity index (χ4v) is 2.78. The van der Waals surface area contributed by atoms with Crippen molar-refractivity contribution in [3.8, 4) is 0 Å². The smallest absolute Gasteiger partial charge is 0.282 e. The quantitative estimate of drug-likeness (QED) is 0.917. The van der Waals surface area contributed by atoms with Crippen LogP contribution in [-0.4, -0.2) is 41.4 Å². The molecule has 0 amide bonds. The molecule has 0 radical (unpaired) electrons. The third-order valence-corrected chi connectivity index (χ3v) is 4.74. The van der Waals surface area contributed by atoms with Gasteiger partial charge in [-0.1, -0.05) is 6.92 Å². The van der Waals surface area contributed by atoms with Gasteiger partial charge in [-0.3, -0.25) is 4.79 Å². The van der Waals surface area contributed by atoms with Gasteiger partial charge in [0.05, 0.1) is 11.9 Å². The largest absolute Gasteiger partial charge is 0.382 e. The van der Waals surface area contributed by atoms with Crippen molar-refractivity contribution in [1.29, 1.82) is 0 Å². The molecule has 2 heterocycles. The zero-order chi connectivity index (χ0) is 14.0. The summed E-state index contributed by atoms with van der Waals surface area (Å²) in [6.07, 6.45) is 4.04. The number of anilines is 1. The van der Waals surface area contributed by atoms with Crippen molar-refractivity contribution < 1.29 is 0 Å². The van der Waals surface area contributed by atoms with Gasteiger partial charge in [-0.2, -0.15) is 5.10 Å². The third kappa shape index (κ3) is 3.36. The van der Waals surface area contributed by atoms with Crippen LogP contribution in [0.4, 0.5) is 5.69 Å². The summed E-state index contributed by atoms with van der Waals surface area (Å²) in [6, 6.07) is 0. The van der Waals surface area contributed by atoms with E-state index in [1.165, 1.54) is 17.5 Å². The number of hydrogen-bond donors (Lipinski definition) is 1. The van der Waals surface area contributed by atoms with Crippen LogP contribution in [-0.2, 0) is 7.05 Å². The molecule has 1 fully saturated rings. The number of hydrogen-bond acceptors (Lipinski definition) is 4. The summed E-state index contributed by atoms with van der Waals surface area (Å²) < 4.78 is 1.88. The van der Waals surface area contributed by atoms with Crippen molar-refractivity contribution in [3.05, 3.63) is 21.0 Å². The topological polar surface area (TPSA) is 50.2 Å². The summed E-state index contributed by atoms with van der Waals surface area (Å²) in [4.78, 5) is 14.1. The number of nitrogens with one attached hydrogen (secondary N) is 1. The Morgan fingerprint density at radius 2 is 2.05 bits per heavy atom. The molecule has 5 nitrogen and oxygen atoms in total. The first-order chi connectivity index (χ1) is 8.91. The summed E-state index contributed by atoms with van der Waals surface area (Å²) >= 11 is 3.34. The highest BCUT2D eigenvalue weighted by Crippen LogP contribution is 2.31. The van der Waals surface area contributed by atoms with Gasteiger partial charge < -0.3 is 10.2 Å². The molecule has 1 aromatic rings. The fraction of sp³-hybridized carbons (Fsp3) is 0.692. The summed E-state index contributed by atoms with van der Waals surface area (Å²) in [6.45, 7) is 5.44. The average molecular weight is 329 g/mol. The summed E-state index contributed by atoms with van der Waals surface area (Å²) in [5, 5.41) is 7.41. The molecule has 19 heavy (non-hydrogen) atoms. The van der Waals surface area contributed by atoms with Gasteiger partial charge in [0.25, 0.3) is 5.56 Å². The summed E-state index contributed by atoms with van der Waals surface area (Å²) in [7, 11) is 3.81. The van der Waals surface area contributed by atoms with Crippen molar-refractivity contribution >= 4 is 21.6 Å². The Kier molecular flexibility index (Phi) is 4.30. The lowest BCUT2D eigenvalue weighted by molar-refractivity contribution is 0.150. The van der Waals surface area contributed by atoms with Gasteiger partial charge in [0.2, 0.25) is 0 Å². The van der Waals surface area contributed by atoms with Gasteiger partial charge in [0, 0.05) is 13.6 Å². The molecule has 0 atom stereocenters. The van der Waals surface area contributed by atoms with Gasteiger partial charge in [0.15, 0.2) is 0 Å². The Labute approximate surface area is 122 Å². The maximum absolute atomic E-state index is 11.8. The van der Waals surface area contributed by atoms with Crippen molar-refractivity contribution in [2.24, 2.45) is 12.5 Å².